The van der Waals surface area contributed by atoms with E-state index in [2.05, 4.69) is 10.6 Å². The lowest BCUT2D eigenvalue weighted by Crippen LogP contribution is -2.58. The van der Waals surface area contributed by atoms with Gasteiger partial charge in [-0.1, -0.05) is 20.8 Å². The van der Waals surface area contributed by atoms with E-state index in [1.807, 2.05) is 20.8 Å². The predicted octanol–water partition coefficient (Wildman–Crippen LogP) is 0.316. The van der Waals surface area contributed by atoms with E-state index in [1.165, 1.54) is 0 Å². The fraction of sp³-hybridized carbons (Fsp3) is 0.917. The SMILES string of the molecule is CC(C)(C)CNC(=O)C1(S(C)(=O)=O)CCNCC1. The lowest BCUT2D eigenvalue weighted by molar-refractivity contribution is -0.124. The van der Waals surface area contributed by atoms with Gasteiger partial charge in [-0.25, -0.2) is 8.42 Å². The Hall–Kier alpha value is -0.620. The second-order valence-corrected chi connectivity index (χ2v) is 8.59. The van der Waals surface area contributed by atoms with Crippen molar-refractivity contribution in [2.24, 2.45) is 5.41 Å². The van der Waals surface area contributed by atoms with E-state index in [1.54, 1.807) is 0 Å². The first-order valence-corrected chi connectivity index (χ1v) is 8.16. The second kappa shape index (κ2) is 5.17. The highest BCUT2D eigenvalue weighted by Gasteiger charge is 2.48. The minimum absolute atomic E-state index is 0.0543. The predicted molar refractivity (Wildman–Crippen MR) is 72.1 cm³/mol. The Morgan fingerprint density at radius 3 is 2.17 bits per heavy atom. The monoisotopic (exact) mass is 276 g/mol. The lowest BCUT2D eigenvalue weighted by atomic mass is 9.93. The normalized spacial score (nSPS) is 20.4. The molecule has 6 heteroatoms. The molecule has 0 saturated carbocycles. The Morgan fingerprint density at radius 2 is 1.78 bits per heavy atom. The molecular weight excluding hydrogens is 252 g/mol. The molecule has 1 aliphatic heterocycles. The maximum absolute atomic E-state index is 12.3. The zero-order valence-electron chi connectivity index (χ0n) is 11.7. The Kier molecular flexibility index (Phi) is 4.43. The summed E-state index contributed by atoms with van der Waals surface area (Å²) in [6.45, 7) is 7.62. The fourth-order valence-electron chi connectivity index (χ4n) is 2.10. The Balaban J connectivity index is 2.88. The molecule has 0 radical (unpaired) electrons. The van der Waals surface area contributed by atoms with Gasteiger partial charge in [0.25, 0.3) is 0 Å². The van der Waals surface area contributed by atoms with E-state index in [9.17, 15) is 13.2 Å². The fourth-order valence-corrected chi connectivity index (χ4v) is 3.46. The number of amides is 1. The standard InChI is InChI=1S/C12H24N2O3S/c1-11(2,3)9-14-10(15)12(18(4,16)17)5-7-13-8-6-12/h13H,5-9H2,1-4H3,(H,14,15). The summed E-state index contributed by atoms with van der Waals surface area (Å²) in [4.78, 5) is 12.3. The summed E-state index contributed by atoms with van der Waals surface area (Å²) < 4.78 is 22.7. The zero-order chi connectivity index (χ0) is 14.0. The second-order valence-electron chi connectivity index (χ2n) is 6.26. The summed E-state index contributed by atoms with van der Waals surface area (Å²) in [5.74, 6) is -0.346. The molecule has 0 aromatic carbocycles. The van der Waals surface area contributed by atoms with E-state index in [4.69, 9.17) is 0 Å². The third-order valence-corrected chi connectivity index (χ3v) is 5.33. The summed E-state index contributed by atoms with van der Waals surface area (Å²) in [7, 11) is -3.41. The zero-order valence-corrected chi connectivity index (χ0v) is 12.5. The highest BCUT2D eigenvalue weighted by atomic mass is 32.2. The third-order valence-electron chi connectivity index (χ3n) is 3.31. The number of hydrogen-bond donors (Lipinski definition) is 2. The molecule has 1 heterocycles. The molecule has 0 bridgehead atoms. The van der Waals surface area contributed by atoms with Crippen LogP contribution < -0.4 is 10.6 Å². The number of carbonyl (C=O) groups is 1. The van der Waals surface area contributed by atoms with E-state index >= 15 is 0 Å². The van der Waals surface area contributed by atoms with Crippen LogP contribution in [0.5, 0.6) is 0 Å². The molecule has 0 atom stereocenters. The molecule has 5 nitrogen and oxygen atoms in total. The largest absolute Gasteiger partial charge is 0.354 e. The van der Waals surface area contributed by atoms with Crippen molar-refractivity contribution < 1.29 is 13.2 Å². The van der Waals surface area contributed by atoms with Gasteiger partial charge in [-0.15, -0.1) is 0 Å². The molecule has 0 aromatic heterocycles. The molecule has 106 valence electrons. The number of nitrogens with one attached hydrogen (secondary N) is 2. The maximum atomic E-state index is 12.3. The Labute approximate surface area is 110 Å². The van der Waals surface area contributed by atoms with Crippen molar-refractivity contribution in [2.75, 3.05) is 25.9 Å². The minimum atomic E-state index is -3.41. The van der Waals surface area contributed by atoms with Crippen molar-refractivity contribution >= 4 is 15.7 Å². The van der Waals surface area contributed by atoms with Crippen LogP contribution in [-0.4, -0.2) is 45.0 Å². The van der Waals surface area contributed by atoms with E-state index < -0.39 is 14.6 Å². The van der Waals surface area contributed by atoms with E-state index in [-0.39, 0.29) is 11.3 Å². The molecule has 1 fully saturated rings. The third kappa shape index (κ3) is 3.45. The molecule has 0 unspecified atom stereocenters. The Bertz CT molecular complexity index is 404. The van der Waals surface area contributed by atoms with Gasteiger partial charge in [0, 0.05) is 12.8 Å². The van der Waals surface area contributed by atoms with Crippen LogP contribution in [0.4, 0.5) is 0 Å². The number of rotatable bonds is 3. The van der Waals surface area contributed by atoms with Crippen LogP contribution >= 0.6 is 0 Å². The van der Waals surface area contributed by atoms with E-state index in [0.29, 0.717) is 32.5 Å². The average molecular weight is 276 g/mol. The first kappa shape index (κ1) is 15.4. The first-order chi connectivity index (χ1) is 8.08. The Morgan fingerprint density at radius 1 is 1.28 bits per heavy atom. The molecule has 18 heavy (non-hydrogen) atoms. The number of piperidine rings is 1. The van der Waals surface area contributed by atoms with Crippen molar-refractivity contribution in [1.29, 1.82) is 0 Å². The first-order valence-electron chi connectivity index (χ1n) is 6.27. The van der Waals surface area contributed by atoms with Crippen molar-refractivity contribution in [3.8, 4) is 0 Å². The summed E-state index contributed by atoms with van der Waals surface area (Å²) in [5, 5.41) is 5.89. The quantitative estimate of drug-likeness (QED) is 0.778. The van der Waals surface area contributed by atoms with Crippen LogP contribution in [0.3, 0.4) is 0 Å². The van der Waals surface area contributed by atoms with Crippen LogP contribution in [0.25, 0.3) is 0 Å². The molecule has 0 spiro atoms. The maximum Gasteiger partial charge on any atom is 0.241 e. The van der Waals surface area contributed by atoms with Crippen LogP contribution in [-0.2, 0) is 14.6 Å². The van der Waals surface area contributed by atoms with Gasteiger partial charge in [0.2, 0.25) is 5.91 Å². The number of sulfone groups is 1. The number of hydrogen-bond acceptors (Lipinski definition) is 4. The van der Waals surface area contributed by atoms with Crippen molar-refractivity contribution in [3.05, 3.63) is 0 Å². The summed E-state index contributed by atoms with van der Waals surface area (Å²) in [5.41, 5.74) is -0.0543. The van der Waals surface area contributed by atoms with Gasteiger partial charge in [0.05, 0.1) is 0 Å². The summed E-state index contributed by atoms with van der Waals surface area (Å²) >= 11 is 0. The van der Waals surface area contributed by atoms with Gasteiger partial charge in [0.15, 0.2) is 14.6 Å². The van der Waals surface area contributed by atoms with Crippen LogP contribution in [0.2, 0.25) is 0 Å². The summed E-state index contributed by atoms with van der Waals surface area (Å²) in [6, 6.07) is 0. The van der Waals surface area contributed by atoms with Gasteiger partial charge < -0.3 is 10.6 Å². The van der Waals surface area contributed by atoms with Crippen molar-refractivity contribution in [2.45, 2.75) is 38.4 Å². The van der Waals surface area contributed by atoms with Crippen molar-refractivity contribution in [1.82, 2.24) is 10.6 Å². The van der Waals surface area contributed by atoms with Gasteiger partial charge in [-0.2, -0.15) is 0 Å². The molecule has 1 rings (SSSR count). The average Bonchev–Trinajstić information content (AvgIpc) is 2.24. The lowest BCUT2D eigenvalue weighted by Gasteiger charge is -2.35. The molecule has 0 aromatic rings. The highest BCUT2D eigenvalue weighted by Crippen LogP contribution is 2.28. The van der Waals surface area contributed by atoms with Crippen LogP contribution in [0.15, 0.2) is 0 Å². The van der Waals surface area contributed by atoms with Crippen LogP contribution in [0.1, 0.15) is 33.6 Å². The van der Waals surface area contributed by atoms with Gasteiger partial charge in [0.1, 0.15) is 0 Å². The minimum Gasteiger partial charge on any atom is -0.354 e. The number of carbonyl (C=O) groups excluding carboxylic acids is 1. The van der Waals surface area contributed by atoms with Gasteiger partial charge >= 0.3 is 0 Å². The highest BCUT2D eigenvalue weighted by molar-refractivity contribution is 7.92. The van der Waals surface area contributed by atoms with Gasteiger partial charge in [-0.3, -0.25) is 4.79 Å². The molecule has 1 saturated heterocycles. The molecular formula is C12H24N2O3S. The smallest absolute Gasteiger partial charge is 0.241 e. The molecule has 1 aliphatic rings. The van der Waals surface area contributed by atoms with Gasteiger partial charge in [-0.05, 0) is 31.3 Å². The molecule has 2 N–H and O–H groups in total. The van der Waals surface area contributed by atoms with Crippen molar-refractivity contribution in [3.63, 3.8) is 0 Å². The summed E-state index contributed by atoms with van der Waals surface area (Å²) in [6.07, 6.45) is 1.86. The molecule has 0 aliphatic carbocycles. The molecule has 1 amide bonds. The topological polar surface area (TPSA) is 75.3 Å². The van der Waals surface area contributed by atoms with Crippen LogP contribution in [0, 0.1) is 5.41 Å². The van der Waals surface area contributed by atoms with E-state index in [0.717, 1.165) is 6.26 Å².